The van der Waals surface area contributed by atoms with Crippen LogP contribution in [-0.4, -0.2) is 7.05 Å². The molecule has 0 spiro atoms. The van der Waals surface area contributed by atoms with Crippen molar-refractivity contribution in [2.75, 3.05) is 7.05 Å². The Morgan fingerprint density at radius 3 is 2.33 bits per heavy atom. The standard InChI is InChI=1S/C15H16BrNS/c1-17-15(13-6-7-14(16)18-13)12-8-10-4-2-3-5-11(10)9-12/h2-7,12,15,17H,8-9H2,1H3. The number of hydrogen-bond acceptors (Lipinski definition) is 2. The fourth-order valence-electron chi connectivity index (χ4n) is 2.93. The maximum atomic E-state index is 3.56. The van der Waals surface area contributed by atoms with Gasteiger partial charge in [0.05, 0.1) is 3.79 Å². The summed E-state index contributed by atoms with van der Waals surface area (Å²) in [5.74, 6) is 0.679. The van der Waals surface area contributed by atoms with Crippen molar-refractivity contribution in [3.05, 3.63) is 56.2 Å². The highest BCUT2D eigenvalue weighted by molar-refractivity contribution is 9.11. The van der Waals surface area contributed by atoms with Gasteiger partial charge in [-0.05, 0) is 65.0 Å². The molecular formula is C15H16BrNS. The third kappa shape index (κ3) is 2.27. The van der Waals surface area contributed by atoms with Crippen LogP contribution in [0.3, 0.4) is 0 Å². The molecule has 0 fully saturated rings. The molecule has 0 aliphatic heterocycles. The number of benzene rings is 1. The van der Waals surface area contributed by atoms with E-state index in [2.05, 4.69) is 64.7 Å². The monoisotopic (exact) mass is 321 g/mol. The van der Waals surface area contributed by atoms with Gasteiger partial charge < -0.3 is 5.32 Å². The zero-order valence-electron chi connectivity index (χ0n) is 10.3. The summed E-state index contributed by atoms with van der Waals surface area (Å²) in [6.07, 6.45) is 2.38. The molecule has 1 aliphatic rings. The van der Waals surface area contributed by atoms with Crippen LogP contribution in [0.25, 0.3) is 0 Å². The van der Waals surface area contributed by atoms with Crippen LogP contribution >= 0.6 is 27.3 Å². The van der Waals surface area contributed by atoms with Crippen molar-refractivity contribution >= 4 is 27.3 Å². The quantitative estimate of drug-likeness (QED) is 0.894. The van der Waals surface area contributed by atoms with Gasteiger partial charge in [0, 0.05) is 10.9 Å². The minimum atomic E-state index is 0.466. The minimum Gasteiger partial charge on any atom is -0.312 e. The van der Waals surface area contributed by atoms with E-state index in [1.54, 1.807) is 0 Å². The van der Waals surface area contributed by atoms with Gasteiger partial charge in [-0.2, -0.15) is 0 Å². The van der Waals surface area contributed by atoms with Gasteiger partial charge >= 0.3 is 0 Å². The molecule has 2 aromatic rings. The van der Waals surface area contributed by atoms with Gasteiger partial charge in [0.2, 0.25) is 0 Å². The largest absolute Gasteiger partial charge is 0.312 e. The van der Waals surface area contributed by atoms with Crippen molar-refractivity contribution in [1.82, 2.24) is 5.32 Å². The van der Waals surface area contributed by atoms with Crippen LogP contribution in [0.2, 0.25) is 0 Å². The number of halogens is 1. The molecule has 3 rings (SSSR count). The molecule has 1 N–H and O–H groups in total. The third-order valence-electron chi connectivity index (χ3n) is 3.77. The van der Waals surface area contributed by atoms with Gasteiger partial charge in [0.1, 0.15) is 0 Å². The first kappa shape index (κ1) is 12.4. The summed E-state index contributed by atoms with van der Waals surface area (Å²) in [6.45, 7) is 0. The summed E-state index contributed by atoms with van der Waals surface area (Å²) >= 11 is 5.40. The van der Waals surface area contributed by atoms with Gasteiger partial charge in [-0.25, -0.2) is 0 Å². The lowest BCUT2D eigenvalue weighted by atomic mass is 9.95. The lowest BCUT2D eigenvalue weighted by Crippen LogP contribution is -2.24. The molecule has 0 saturated carbocycles. The number of nitrogens with one attached hydrogen (secondary N) is 1. The first-order valence-corrected chi connectivity index (χ1v) is 7.88. The van der Waals surface area contributed by atoms with E-state index in [1.165, 1.54) is 32.6 Å². The van der Waals surface area contributed by atoms with Crippen LogP contribution in [0.1, 0.15) is 22.0 Å². The number of fused-ring (bicyclic) bond motifs is 1. The fraction of sp³-hybridized carbons (Fsp3) is 0.333. The van der Waals surface area contributed by atoms with Crippen molar-refractivity contribution in [3.63, 3.8) is 0 Å². The molecule has 1 atom stereocenters. The molecule has 1 unspecified atom stereocenters. The van der Waals surface area contributed by atoms with E-state index in [0.717, 1.165) is 0 Å². The molecule has 1 aromatic heterocycles. The highest BCUT2D eigenvalue weighted by Gasteiger charge is 2.29. The Morgan fingerprint density at radius 2 is 1.83 bits per heavy atom. The Kier molecular flexibility index (Phi) is 3.55. The maximum Gasteiger partial charge on any atom is 0.0701 e. The summed E-state index contributed by atoms with van der Waals surface area (Å²) < 4.78 is 1.22. The zero-order chi connectivity index (χ0) is 12.5. The Balaban J connectivity index is 1.83. The molecule has 1 aliphatic carbocycles. The highest BCUT2D eigenvalue weighted by atomic mass is 79.9. The summed E-state index contributed by atoms with van der Waals surface area (Å²) in [5.41, 5.74) is 3.05. The smallest absolute Gasteiger partial charge is 0.0701 e. The topological polar surface area (TPSA) is 12.0 Å². The van der Waals surface area contributed by atoms with Crippen molar-refractivity contribution < 1.29 is 0 Å². The summed E-state index contributed by atoms with van der Waals surface area (Å²) in [7, 11) is 2.07. The van der Waals surface area contributed by atoms with Crippen LogP contribution in [0.15, 0.2) is 40.2 Å². The average Bonchev–Trinajstić information content (AvgIpc) is 2.96. The first-order valence-electron chi connectivity index (χ1n) is 6.27. The molecule has 0 saturated heterocycles. The number of hydrogen-bond donors (Lipinski definition) is 1. The molecule has 0 bridgehead atoms. The second-order valence-corrected chi connectivity index (χ2v) is 7.34. The molecule has 0 amide bonds. The molecule has 18 heavy (non-hydrogen) atoms. The van der Waals surface area contributed by atoms with Crippen LogP contribution in [0.4, 0.5) is 0 Å². The molecule has 94 valence electrons. The van der Waals surface area contributed by atoms with Gasteiger partial charge in [-0.15, -0.1) is 11.3 Å². The Bertz CT molecular complexity index is 524. The van der Waals surface area contributed by atoms with E-state index in [1.807, 2.05) is 11.3 Å². The molecule has 0 radical (unpaired) electrons. The molecule has 1 heterocycles. The fourth-order valence-corrected chi connectivity index (χ4v) is 4.56. The Hall–Kier alpha value is -0.640. The van der Waals surface area contributed by atoms with E-state index in [9.17, 15) is 0 Å². The van der Waals surface area contributed by atoms with Crippen molar-refractivity contribution in [3.8, 4) is 0 Å². The minimum absolute atomic E-state index is 0.466. The second-order valence-electron chi connectivity index (χ2n) is 4.85. The van der Waals surface area contributed by atoms with Crippen LogP contribution < -0.4 is 5.32 Å². The molecule has 1 aromatic carbocycles. The summed E-state index contributed by atoms with van der Waals surface area (Å²) in [6, 6.07) is 13.7. The predicted octanol–water partition coefficient (Wildman–Crippen LogP) is 4.19. The predicted molar refractivity (Wildman–Crippen MR) is 81.2 cm³/mol. The maximum absolute atomic E-state index is 3.56. The van der Waals surface area contributed by atoms with E-state index in [-0.39, 0.29) is 0 Å². The van der Waals surface area contributed by atoms with E-state index in [0.29, 0.717) is 12.0 Å². The Labute approximate surface area is 120 Å². The van der Waals surface area contributed by atoms with Crippen molar-refractivity contribution in [1.29, 1.82) is 0 Å². The molecule has 1 nitrogen and oxygen atoms in total. The molecule has 3 heteroatoms. The van der Waals surface area contributed by atoms with E-state index >= 15 is 0 Å². The SMILES string of the molecule is CNC(c1ccc(Br)s1)C1Cc2ccccc2C1. The second kappa shape index (κ2) is 5.16. The average molecular weight is 322 g/mol. The van der Waals surface area contributed by atoms with E-state index in [4.69, 9.17) is 0 Å². The van der Waals surface area contributed by atoms with Gasteiger partial charge in [0.25, 0.3) is 0 Å². The zero-order valence-corrected chi connectivity index (χ0v) is 12.7. The summed E-state index contributed by atoms with van der Waals surface area (Å²) in [4.78, 5) is 1.43. The lowest BCUT2D eigenvalue weighted by molar-refractivity contribution is 0.402. The normalized spacial score (nSPS) is 16.8. The van der Waals surface area contributed by atoms with Gasteiger partial charge in [0.15, 0.2) is 0 Å². The van der Waals surface area contributed by atoms with Crippen LogP contribution in [0, 0.1) is 5.92 Å². The lowest BCUT2D eigenvalue weighted by Gasteiger charge is -2.21. The highest BCUT2D eigenvalue weighted by Crippen LogP contribution is 2.38. The van der Waals surface area contributed by atoms with Gasteiger partial charge in [-0.1, -0.05) is 24.3 Å². The number of thiophene rings is 1. The number of rotatable bonds is 3. The Morgan fingerprint density at radius 1 is 1.17 bits per heavy atom. The van der Waals surface area contributed by atoms with Crippen LogP contribution in [0.5, 0.6) is 0 Å². The first-order chi connectivity index (χ1) is 8.78. The van der Waals surface area contributed by atoms with Gasteiger partial charge in [-0.3, -0.25) is 0 Å². The molecular weight excluding hydrogens is 306 g/mol. The van der Waals surface area contributed by atoms with Crippen molar-refractivity contribution in [2.24, 2.45) is 5.92 Å². The third-order valence-corrected chi connectivity index (χ3v) is 5.47. The van der Waals surface area contributed by atoms with Crippen molar-refractivity contribution in [2.45, 2.75) is 18.9 Å². The van der Waals surface area contributed by atoms with Crippen LogP contribution in [-0.2, 0) is 12.8 Å². The van der Waals surface area contributed by atoms with E-state index < -0.39 is 0 Å². The summed E-state index contributed by atoms with van der Waals surface area (Å²) in [5, 5.41) is 3.50.